The largest absolute Gasteiger partial charge is 0.497 e. The molecule has 0 aliphatic carbocycles. The third-order valence-corrected chi connectivity index (χ3v) is 7.81. The van der Waals surface area contributed by atoms with Gasteiger partial charge in [0.15, 0.2) is 0 Å². The molecule has 4 nitrogen and oxygen atoms in total. The van der Waals surface area contributed by atoms with E-state index in [1.165, 1.54) is 14.2 Å². The minimum atomic E-state index is -3.77. The van der Waals surface area contributed by atoms with Crippen LogP contribution in [0.1, 0.15) is 10.4 Å². The van der Waals surface area contributed by atoms with Crippen molar-refractivity contribution in [1.82, 2.24) is 0 Å². The molecular formula is C21H17Cl2O4P. The quantitative estimate of drug-likeness (QED) is 0.502. The summed E-state index contributed by atoms with van der Waals surface area (Å²) >= 11 is 12.5. The fraction of sp³-hybridized carbons (Fsp3) is 0.0952. The van der Waals surface area contributed by atoms with Crippen molar-refractivity contribution in [2.24, 2.45) is 0 Å². The number of carbonyl (C=O) groups excluding carboxylic acids is 1. The highest BCUT2D eigenvalue weighted by Gasteiger charge is 2.38. The molecule has 3 aromatic carbocycles. The van der Waals surface area contributed by atoms with E-state index in [2.05, 4.69) is 0 Å². The molecular weight excluding hydrogens is 418 g/mol. The molecule has 28 heavy (non-hydrogen) atoms. The fourth-order valence-corrected chi connectivity index (χ4v) is 5.99. The summed E-state index contributed by atoms with van der Waals surface area (Å²) in [6.07, 6.45) is 0. The average molecular weight is 435 g/mol. The molecule has 3 aromatic rings. The summed E-state index contributed by atoms with van der Waals surface area (Å²) in [6, 6.07) is 17.8. The second kappa shape index (κ2) is 8.40. The average Bonchev–Trinajstić information content (AvgIpc) is 2.73. The highest BCUT2D eigenvalue weighted by Crippen LogP contribution is 2.49. The second-order valence-electron chi connectivity index (χ2n) is 5.91. The van der Waals surface area contributed by atoms with Gasteiger partial charge in [-0.1, -0.05) is 29.3 Å². The van der Waals surface area contributed by atoms with E-state index in [-0.39, 0.29) is 15.6 Å². The maximum Gasteiger partial charge on any atom is 0.233 e. The third kappa shape index (κ3) is 3.68. The van der Waals surface area contributed by atoms with Crippen LogP contribution in [0.15, 0.2) is 66.7 Å². The number of benzene rings is 3. The van der Waals surface area contributed by atoms with Gasteiger partial charge in [-0.05, 0) is 60.7 Å². The molecule has 0 saturated carbocycles. The van der Waals surface area contributed by atoms with Gasteiger partial charge in [0.2, 0.25) is 12.7 Å². The third-order valence-electron chi connectivity index (χ3n) is 4.33. The Morgan fingerprint density at radius 1 is 0.750 bits per heavy atom. The molecule has 0 fully saturated rings. The van der Waals surface area contributed by atoms with E-state index >= 15 is 0 Å². The Bertz CT molecular complexity index is 975. The lowest BCUT2D eigenvalue weighted by Crippen LogP contribution is -2.23. The summed E-state index contributed by atoms with van der Waals surface area (Å²) in [5, 5.41) is 1.03. The van der Waals surface area contributed by atoms with Gasteiger partial charge in [-0.15, -0.1) is 0 Å². The molecule has 0 spiro atoms. The first-order valence-corrected chi connectivity index (χ1v) is 10.8. The van der Waals surface area contributed by atoms with E-state index in [1.54, 1.807) is 66.7 Å². The molecule has 0 aliphatic heterocycles. The van der Waals surface area contributed by atoms with Crippen molar-refractivity contribution < 1.29 is 18.8 Å². The van der Waals surface area contributed by atoms with Gasteiger partial charge in [-0.3, -0.25) is 4.79 Å². The van der Waals surface area contributed by atoms with Crippen LogP contribution in [-0.4, -0.2) is 19.7 Å². The SMILES string of the molecule is COc1ccc(P(=O)(C(=O)c2c(Cl)cccc2Cl)c2ccc(OC)cc2)cc1. The van der Waals surface area contributed by atoms with Gasteiger partial charge in [0.1, 0.15) is 11.5 Å². The maximum absolute atomic E-state index is 14.3. The Morgan fingerprint density at radius 3 is 1.50 bits per heavy atom. The Kier molecular flexibility index (Phi) is 6.14. The van der Waals surface area contributed by atoms with Crippen molar-refractivity contribution in [2.45, 2.75) is 0 Å². The molecule has 3 rings (SSSR count). The number of hydrogen-bond acceptors (Lipinski definition) is 4. The smallest absolute Gasteiger partial charge is 0.233 e. The van der Waals surface area contributed by atoms with Gasteiger partial charge >= 0.3 is 0 Å². The minimum Gasteiger partial charge on any atom is -0.497 e. The van der Waals surface area contributed by atoms with E-state index in [4.69, 9.17) is 32.7 Å². The standard InChI is InChI=1S/C21H17Cl2O4P/c1-26-14-6-10-16(11-7-14)28(25,17-12-8-15(27-2)9-13-17)21(24)20-18(22)4-3-5-19(20)23/h3-13H,1-2H3. The normalized spacial score (nSPS) is 11.1. The van der Waals surface area contributed by atoms with E-state index in [0.29, 0.717) is 22.1 Å². The predicted octanol–water partition coefficient (Wildman–Crippen LogP) is 5.16. The van der Waals surface area contributed by atoms with Gasteiger partial charge < -0.3 is 14.0 Å². The first kappa shape index (κ1) is 20.5. The van der Waals surface area contributed by atoms with E-state index in [9.17, 15) is 9.36 Å². The number of methoxy groups -OCH3 is 2. The van der Waals surface area contributed by atoms with Gasteiger partial charge in [-0.2, -0.15) is 0 Å². The fourth-order valence-electron chi connectivity index (χ4n) is 2.83. The summed E-state index contributed by atoms with van der Waals surface area (Å²) < 4.78 is 24.6. The lowest BCUT2D eigenvalue weighted by molar-refractivity contribution is 0.107. The molecule has 0 radical (unpaired) electrons. The summed E-state index contributed by atoms with van der Waals surface area (Å²) in [6.45, 7) is 0. The number of carbonyl (C=O) groups is 1. The number of ether oxygens (including phenoxy) is 2. The van der Waals surface area contributed by atoms with Crippen LogP contribution < -0.4 is 20.1 Å². The predicted molar refractivity (Wildman–Crippen MR) is 114 cm³/mol. The minimum absolute atomic E-state index is 0.0424. The van der Waals surface area contributed by atoms with E-state index in [0.717, 1.165) is 0 Å². The van der Waals surface area contributed by atoms with Crippen molar-refractivity contribution >= 4 is 46.5 Å². The molecule has 0 aromatic heterocycles. The highest BCUT2D eigenvalue weighted by atomic mass is 35.5. The molecule has 0 aliphatic rings. The molecule has 7 heteroatoms. The van der Waals surface area contributed by atoms with Crippen LogP contribution in [0.3, 0.4) is 0 Å². The summed E-state index contributed by atoms with van der Waals surface area (Å²) in [5.41, 5.74) is -0.584. The van der Waals surface area contributed by atoms with Crippen LogP contribution >= 0.6 is 30.3 Å². The lowest BCUT2D eigenvalue weighted by atomic mass is 10.2. The number of halogens is 2. The van der Waals surface area contributed by atoms with Crippen molar-refractivity contribution in [3.8, 4) is 11.5 Å². The van der Waals surface area contributed by atoms with Crippen molar-refractivity contribution in [3.05, 3.63) is 82.3 Å². The van der Waals surface area contributed by atoms with Crippen LogP contribution in [0, 0.1) is 0 Å². The van der Waals surface area contributed by atoms with Crippen LogP contribution in [0.4, 0.5) is 0 Å². The Morgan fingerprint density at radius 2 is 1.14 bits per heavy atom. The maximum atomic E-state index is 14.3. The van der Waals surface area contributed by atoms with Gasteiger partial charge in [0.05, 0.1) is 29.8 Å². The zero-order chi connectivity index (χ0) is 20.3. The van der Waals surface area contributed by atoms with Crippen LogP contribution in [0.25, 0.3) is 0 Å². The summed E-state index contributed by atoms with van der Waals surface area (Å²) in [7, 11) is -0.702. The highest BCUT2D eigenvalue weighted by molar-refractivity contribution is 7.93. The number of hydrogen-bond donors (Lipinski definition) is 0. The number of rotatable bonds is 6. The van der Waals surface area contributed by atoms with Crippen molar-refractivity contribution in [2.75, 3.05) is 14.2 Å². The van der Waals surface area contributed by atoms with Gasteiger partial charge in [-0.25, -0.2) is 0 Å². The van der Waals surface area contributed by atoms with Crippen molar-refractivity contribution in [1.29, 1.82) is 0 Å². The lowest BCUT2D eigenvalue weighted by Gasteiger charge is -2.20. The monoisotopic (exact) mass is 434 g/mol. The van der Waals surface area contributed by atoms with E-state index in [1.807, 2.05) is 0 Å². The molecule has 0 heterocycles. The van der Waals surface area contributed by atoms with Gasteiger partial charge in [0.25, 0.3) is 0 Å². The Balaban J connectivity index is 2.23. The first-order chi connectivity index (χ1) is 13.4. The summed E-state index contributed by atoms with van der Waals surface area (Å²) in [4.78, 5) is 13.5. The first-order valence-electron chi connectivity index (χ1n) is 8.30. The Hall–Kier alpha value is -2.26. The molecule has 0 amide bonds. The second-order valence-corrected chi connectivity index (χ2v) is 9.38. The molecule has 0 unspecified atom stereocenters. The zero-order valence-electron chi connectivity index (χ0n) is 15.2. The zero-order valence-corrected chi connectivity index (χ0v) is 17.6. The topological polar surface area (TPSA) is 52.6 Å². The summed E-state index contributed by atoms with van der Waals surface area (Å²) in [5.74, 6) is 1.18. The van der Waals surface area contributed by atoms with E-state index < -0.39 is 12.7 Å². The molecule has 0 N–H and O–H groups in total. The molecule has 0 atom stereocenters. The Labute approximate surface area is 173 Å². The molecule has 144 valence electrons. The molecule has 0 bridgehead atoms. The van der Waals surface area contributed by atoms with Crippen LogP contribution in [0.5, 0.6) is 11.5 Å². The van der Waals surface area contributed by atoms with Crippen LogP contribution in [0.2, 0.25) is 10.0 Å². The van der Waals surface area contributed by atoms with Crippen molar-refractivity contribution in [3.63, 3.8) is 0 Å². The molecule has 0 saturated heterocycles. The van der Waals surface area contributed by atoms with Crippen LogP contribution in [-0.2, 0) is 4.57 Å². The van der Waals surface area contributed by atoms with Gasteiger partial charge in [0, 0.05) is 10.6 Å².